The van der Waals surface area contributed by atoms with Crippen LogP contribution < -0.4 is 10.1 Å². The second-order valence-corrected chi connectivity index (χ2v) is 8.25. The lowest BCUT2D eigenvalue weighted by Crippen LogP contribution is -2.30. The maximum Gasteiger partial charge on any atom is 0.265 e. The minimum atomic E-state index is -0.568. The summed E-state index contributed by atoms with van der Waals surface area (Å²) in [5.74, 6) is 1.04. The molecule has 0 fully saturated rings. The Hall–Kier alpha value is -2.29. The van der Waals surface area contributed by atoms with Gasteiger partial charge < -0.3 is 10.1 Å². The van der Waals surface area contributed by atoms with Crippen LogP contribution in [-0.4, -0.2) is 12.0 Å². The molecule has 0 bridgehead atoms. The third-order valence-electron chi connectivity index (χ3n) is 4.56. The maximum atomic E-state index is 12.4. The monoisotopic (exact) mass is 353 g/mol. The summed E-state index contributed by atoms with van der Waals surface area (Å²) in [5, 5.41) is 2.92. The van der Waals surface area contributed by atoms with Gasteiger partial charge in [-0.2, -0.15) is 0 Å². The van der Waals surface area contributed by atoms with Crippen LogP contribution in [0.2, 0.25) is 0 Å². The Labute approximate surface area is 157 Å². The Morgan fingerprint density at radius 3 is 2.12 bits per heavy atom. The quantitative estimate of drug-likeness (QED) is 0.735. The summed E-state index contributed by atoms with van der Waals surface area (Å²) in [6.07, 6.45) is -0.568. The Bertz CT molecular complexity index is 755. The molecule has 2 aromatic carbocycles. The van der Waals surface area contributed by atoms with E-state index < -0.39 is 6.10 Å². The first-order chi connectivity index (χ1) is 12.1. The maximum absolute atomic E-state index is 12.4. The molecule has 26 heavy (non-hydrogen) atoms. The Balaban J connectivity index is 2.00. The molecular weight excluding hydrogens is 322 g/mol. The number of hydrogen-bond donors (Lipinski definition) is 1. The van der Waals surface area contributed by atoms with Crippen molar-refractivity contribution in [2.75, 3.05) is 5.32 Å². The molecule has 0 saturated carbocycles. The number of ether oxygens (including phenoxy) is 1. The molecule has 0 heterocycles. The summed E-state index contributed by atoms with van der Waals surface area (Å²) >= 11 is 0. The Morgan fingerprint density at radius 2 is 1.62 bits per heavy atom. The van der Waals surface area contributed by atoms with E-state index in [-0.39, 0.29) is 11.3 Å². The summed E-state index contributed by atoms with van der Waals surface area (Å²) in [6.45, 7) is 14.7. The molecule has 2 aromatic rings. The predicted octanol–water partition coefficient (Wildman–Crippen LogP) is 5.82. The fourth-order valence-corrected chi connectivity index (χ4v) is 2.92. The molecule has 0 aromatic heterocycles. The fourth-order valence-electron chi connectivity index (χ4n) is 2.92. The van der Waals surface area contributed by atoms with Gasteiger partial charge >= 0.3 is 0 Å². The van der Waals surface area contributed by atoms with Crippen molar-refractivity contribution in [1.29, 1.82) is 0 Å². The number of carbonyl (C=O) groups excluding carboxylic acids is 1. The molecule has 0 spiro atoms. The van der Waals surface area contributed by atoms with Crippen molar-refractivity contribution in [3.8, 4) is 5.75 Å². The van der Waals surface area contributed by atoms with Gasteiger partial charge in [0.1, 0.15) is 5.75 Å². The van der Waals surface area contributed by atoms with Crippen molar-refractivity contribution in [1.82, 2.24) is 0 Å². The Morgan fingerprint density at radius 1 is 1.00 bits per heavy atom. The average molecular weight is 354 g/mol. The molecule has 0 aliphatic carbocycles. The summed E-state index contributed by atoms with van der Waals surface area (Å²) in [6, 6.07) is 14.0. The average Bonchev–Trinajstić information content (AvgIpc) is 2.54. The van der Waals surface area contributed by atoms with Gasteiger partial charge in [0.25, 0.3) is 5.91 Å². The lowest BCUT2D eigenvalue weighted by Gasteiger charge is -2.20. The van der Waals surface area contributed by atoms with Crippen molar-refractivity contribution in [3.63, 3.8) is 0 Å². The van der Waals surface area contributed by atoms with E-state index in [1.807, 2.05) is 24.3 Å². The third-order valence-corrected chi connectivity index (χ3v) is 4.56. The summed E-state index contributed by atoms with van der Waals surface area (Å²) in [7, 11) is 0. The zero-order valence-corrected chi connectivity index (χ0v) is 17.0. The van der Waals surface area contributed by atoms with Gasteiger partial charge in [-0.05, 0) is 66.1 Å². The second-order valence-electron chi connectivity index (χ2n) is 8.25. The van der Waals surface area contributed by atoms with Gasteiger partial charge in [0.2, 0.25) is 0 Å². The molecule has 1 atom stereocenters. The van der Waals surface area contributed by atoms with Crippen LogP contribution in [-0.2, 0) is 10.2 Å². The lowest BCUT2D eigenvalue weighted by atomic mass is 9.87. The molecule has 1 N–H and O–H groups in total. The lowest BCUT2D eigenvalue weighted by molar-refractivity contribution is -0.122. The standard InChI is InChI=1S/C23H31NO2/c1-15(2)21-13-12-20(14-16(21)3)26-17(4)22(25)24-19-10-8-18(9-11-19)23(5,6)7/h8-15,17H,1-7H3,(H,24,25). The smallest absolute Gasteiger partial charge is 0.265 e. The molecule has 140 valence electrons. The number of carbonyl (C=O) groups is 1. The number of aryl methyl sites for hydroxylation is 1. The van der Waals surface area contributed by atoms with Crippen molar-refractivity contribution < 1.29 is 9.53 Å². The largest absolute Gasteiger partial charge is 0.481 e. The van der Waals surface area contributed by atoms with Gasteiger partial charge in [0.05, 0.1) is 0 Å². The number of nitrogens with one attached hydrogen (secondary N) is 1. The highest BCUT2D eigenvalue weighted by molar-refractivity contribution is 5.94. The molecule has 2 rings (SSSR count). The molecule has 0 aliphatic rings. The zero-order valence-electron chi connectivity index (χ0n) is 17.0. The van der Waals surface area contributed by atoms with Gasteiger partial charge in [-0.15, -0.1) is 0 Å². The van der Waals surface area contributed by atoms with Crippen LogP contribution in [0.25, 0.3) is 0 Å². The molecule has 1 amide bonds. The normalized spacial score (nSPS) is 12.8. The molecule has 3 nitrogen and oxygen atoms in total. The van der Waals surface area contributed by atoms with Crippen LogP contribution >= 0.6 is 0 Å². The molecule has 0 radical (unpaired) electrons. The van der Waals surface area contributed by atoms with E-state index in [1.165, 1.54) is 16.7 Å². The summed E-state index contributed by atoms with van der Waals surface area (Å²) < 4.78 is 5.83. The number of hydrogen-bond acceptors (Lipinski definition) is 2. The molecular formula is C23H31NO2. The van der Waals surface area contributed by atoms with E-state index >= 15 is 0 Å². The van der Waals surface area contributed by atoms with Crippen LogP contribution in [0.1, 0.15) is 64.2 Å². The van der Waals surface area contributed by atoms with Crippen LogP contribution in [0.5, 0.6) is 5.75 Å². The van der Waals surface area contributed by atoms with E-state index in [4.69, 9.17) is 4.74 Å². The highest BCUT2D eigenvalue weighted by Gasteiger charge is 2.17. The van der Waals surface area contributed by atoms with Gasteiger partial charge in [-0.25, -0.2) is 0 Å². The molecule has 0 aliphatic heterocycles. The first-order valence-electron chi connectivity index (χ1n) is 9.26. The highest BCUT2D eigenvalue weighted by Crippen LogP contribution is 2.25. The SMILES string of the molecule is Cc1cc(OC(C)C(=O)Nc2ccc(C(C)(C)C)cc2)ccc1C(C)C. The van der Waals surface area contributed by atoms with E-state index in [2.05, 4.69) is 65.1 Å². The zero-order chi connectivity index (χ0) is 19.5. The predicted molar refractivity (Wildman–Crippen MR) is 109 cm³/mol. The van der Waals surface area contributed by atoms with Crippen LogP contribution in [0, 0.1) is 6.92 Å². The van der Waals surface area contributed by atoms with Crippen molar-refractivity contribution >= 4 is 11.6 Å². The number of rotatable bonds is 5. The van der Waals surface area contributed by atoms with E-state index in [0.29, 0.717) is 5.92 Å². The Kier molecular flexibility index (Phi) is 6.12. The van der Waals surface area contributed by atoms with Gasteiger partial charge in [-0.3, -0.25) is 4.79 Å². The van der Waals surface area contributed by atoms with Crippen molar-refractivity contribution in [3.05, 3.63) is 59.2 Å². The topological polar surface area (TPSA) is 38.3 Å². The van der Waals surface area contributed by atoms with Crippen molar-refractivity contribution in [2.24, 2.45) is 0 Å². The van der Waals surface area contributed by atoms with E-state index in [1.54, 1.807) is 6.92 Å². The minimum absolute atomic E-state index is 0.0962. The second kappa shape index (κ2) is 7.94. The van der Waals surface area contributed by atoms with E-state index in [0.717, 1.165) is 11.4 Å². The molecule has 3 heteroatoms. The van der Waals surface area contributed by atoms with Crippen LogP contribution in [0.4, 0.5) is 5.69 Å². The van der Waals surface area contributed by atoms with Crippen LogP contribution in [0.3, 0.4) is 0 Å². The van der Waals surface area contributed by atoms with Gasteiger partial charge in [-0.1, -0.05) is 52.8 Å². The van der Waals surface area contributed by atoms with Crippen LogP contribution in [0.15, 0.2) is 42.5 Å². The fraction of sp³-hybridized carbons (Fsp3) is 0.435. The number of anilines is 1. The first kappa shape index (κ1) is 20.0. The van der Waals surface area contributed by atoms with Gasteiger partial charge in [0.15, 0.2) is 6.10 Å². The molecule has 0 saturated heterocycles. The third kappa shape index (κ3) is 5.10. The number of amides is 1. The summed E-state index contributed by atoms with van der Waals surface area (Å²) in [5.41, 5.74) is 4.60. The summed E-state index contributed by atoms with van der Waals surface area (Å²) in [4.78, 5) is 12.4. The van der Waals surface area contributed by atoms with Gasteiger partial charge in [0, 0.05) is 5.69 Å². The van der Waals surface area contributed by atoms with Crippen molar-refractivity contribution in [2.45, 2.75) is 65.9 Å². The highest BCUT2D eigenvalue weighted by atomic mass is 16.5. The first-order valence-corrected chi connectivity index (χ1v) is 9.26. The molecule has 1 unspecified atom stereocenters. The minimum Gasteiger partial charge on any atom is -0.481 e. The number of benzene rings is 2. The van der Waals surface area contributed by atoms with E-state index in [9.17, 15) is 4.79 Å².